The number of benzene rings is 2. The summed E-state index contributed by atoms with van der Waals surface area (Å²) < 4.78 is 30.5. The molecule has 1 aromatic heterocycles. The maximum absolute atomic E-state index is 12.9. The topological polar surface area (TPSA) is 77.4 Å². The number of hydrogen-bond donors (Lipinski definition) is 1. The van der Waals surface area contributed by atoms with Gasteiger partial charge in [0.2, 0.25) is 0 Å². The van der Waals surface area contributed by atoms with Crippen LogP contribution in [0.3, 0.4) is 0 Å². The van der Waals surface area contributed by atoms with Gasteiger partial charge in [0.1, 0.15) is 5.75 Å². The zero-order valence-electron chi connectivity index (χ0n) is 17.8. The molecule has 0 aliphatic heterocycles. The van der Waals surface area contributed by atoms with E-state index < -0.39 is 9.84 Å². The minimum atomic E-state index is -3.25. The first-order chi connectivity index (χ1) is 14.1. The molecule has 1 atom stereocenters. The van der Waals surface area contributed by atoms with Gasteiger partial charge in [0.05, 0.1) is 23.6 Å². The van der Waals surface area contributed by atoms with Crippen molar-refractivity contribution in [2.24, 2.45) is 0 Å². The van der Waals surface area contributed by atoms with E-state index in [0.717, 1.165) is 28.4 Å². The Morgan fingerprint density at radius 1 is 1.03 bits per heavy atom. The van der Waals surface area contributed by atoms with E-state index in [1.807, 2.05) is 55.7 Å². The van der Waals surface area contributed by atoms with Gasteiger partial charge in [-0.15, -0.1) is 0 Å². The molecule has 0 bridgehead atoms. The lowest BCUT2D eigenvalue weighted by molar-refractivity contribution is 0.0939. The zero-order valence-corrected chi connectivity index (χ0v) is 18.6. The SMILES string of the molecule is COc1ccc(-n2c(C)cc(C(=O)NC(C)c3ccc(S(C)(=O)=O)cc3)c2C)cc1. The van der Waals surface area contributed by atoms with E-state index in [9.17, 15) is 13.2 Å². The van der Waals surface area contributed by atoms with Gasteiger partial charge >= 0.3 is 0 Å². The summed E-state index contributed by atoms with van der Waals surface area (Å²) in [6, 6.07) is 15.8. The van der Waals surface area contributed by atoms with Crippen molar-refractivity contribution < 1.29 is 17.9 Å². The molecule has 0 fully saturated rings. The van der Waals surface area contributed by atoms with Crippen LogP contribution in [-0.4, -0.2) is 32.3 Å². The second kappa shape index (κ2) is 8.36. The van der Waals surface area contributed by atoms with Crippen LogP contribution in [0.2, 0.25) is 0 Å². The highest BCUT2D eigenvalue weighted by Gasteiger charge is 2.19. The summed E-state index contributed by atoms with van der Waals surface area (Å²) in [5.41, 5.74) is 4.18. The highest BCUT2D eigenvalue weighted by Crippen LogP contribution is 2.24. The number of amides is 1. The molecule has 0 aliphatic rings. The molecule has 1 amide bonds. The molecule has 6 nitrogen and oxygen atoms in total. The first kappa shape index (κ1) is 21.6. The van der Waals surface area contributed by atoms with Crippen molar-refractivity contribution in [2.45, 2.75) is 31.7 Å². The molecular weight excluding hydrogens is 400 g/mol. The number of sulfone groups is 1. The molecule has 3 aromatic rings. The molecule has 0 aliphatic carbocycles. The number of carbonyl (C=O) groups is 1. The fourth-order valence-corrected chi connectivity index (χ4v) is 4.11. The third-order valence-electron chi connectivity index (χ3n) is 5.16. The predicted octanol–water partition coefficient (Wildman–Crippen LogP) is 4.00. The minimum Gasteiger partial charge on any atom is -0.497 e. The summed E-state index contributed by atoms with van der Waals surface area (Å²) in [5, 5.41) is 3.00. The summed E-state index contributed by atoms with van der Waals surface area (Å²) in [7, 11) is -1.62. The van der Waals surface area contributed by atoms with E-state index in [-0.39, 0.29) is 16.8 Å². The van der Waals surface area contributed by atoms with E-state index in [4.69, 9.17) is 4.74 Å². The molecule has 30 heavy (non-hydrogen) atoms. The quantitative estimate of drug-likeness (QED) is 0.646. The van der Waals surface area contributed by atoms with Crippen molar-refractivity contribution in [3.63, 3.8) is 0 Å². The Labute approximate surface area is 177 Å². The molecule has 1 unspecified atom stereocenters. The van der Waals surface area contributed by atoms with Crippen LogP contribution in [0.25, 0.3) is 5.69 Å². The molecule has 0 saturated carbocycles. The molecule has 2 aromatic carbocycles. The van der Waals surface area contributed by atoms with E-state index in [2.05, 4.69) is 5.32 Å². The van der Waals surface area contributed by atoms with Crippen molar-refractivity contribution in [1.82, 2.24) is 9.88 Å². The number of nitrogens with zero attached hydrogens (tertiary/aromatic N) is 1. The van der Waals surface area contributed by atoms with E-state index in [1.54, 1.807) is 31.4 Å². The molecular formula is C23H26N2O4S. The Balaban J connectivity index is 1.81. The Hall–Kier alpha value is -3.06. The second-order valence-electron chi connectivity index (χ2n) is 7.35. The van der Waals surface area contributed by atoms with Gasteiger partial charge in [-0.25, -0.2) is 8.42 Å². The van der Waals surface area contributed by atoms with Crippen molar-refractivity contribution in [2.75, 3.05) is 13.4 Å². The van der Waals surface area contributed by atoms with Gasteiger partial charge in [-0.3, -0.25) is 4.79 Å². The van der Waals surface area contributed by atoms with Crippen LogP contribution in [-0.2, 0) is 9.84 Å². The van der Waals surface area contributed by atoms with Gasteiger partial charge < -0.3 is 14.6 Å². The number of carbonyl (C=O) groups excluding carboxylic acids is 1. The molecule has 158 valence electrons. The van der Waals surface area contributed by atoms with Crippen LogP contribution < -0.4 is 10.1 Å². The highest BCUT2D eigenvalue weighted by molar-refractivity contribution is 7.90. The van der Waals surface area contributed by atoms with Crippen LogP contribution in [0.15, 0.2) is 59.5 Å². The van der Waals surface area contributed by atoms with E-state index in [1.165, 1.54) is 6.26 Å². The number of aromatic nitrogens is 1. The number of aryl methyl sites for hydroxylation is 1. The third-order valence-corrected chi connectivity index (χ3v) is 6.29. The molecule has 0 spiro atoms. The molecule has 3 rings (SSSR count). The van der Waals surface area contributed by atoms with Crippen LogP contribution >= 0.6 is 0 Å². The number of hydrogen-bond acceptors (Lipinski definition) is 4. The van der Waals surface area contributed by atoms with Gasteiger partial charge in [-0.2, -0.15) is 0 Å². The Morgan fingerprint density at radius 3 is 2.17 bits per heavy atom. The first-order valence-corrected chi connectivity index (χ1v) is 11.4. The van der Waals surface area contributed by atoms with Gasteiger partial charge in [-0.05, 0) is 68.8 Å². The normalized spacial score (nSPS) is 12.4. The van der Waals surface area contributed by atoms with Crippen molar-refractivity contribution >= 4 is 15.7 Å². The monoisotopic (exact) mass is 426 g/mol. The lowest BCUT2D eigenvalue weighted by Gasteiger charge is -2.15. The maximum Gasteiger partial charge on any atom is 0.253 e. The van der Waals surface area contributed by atoms with Crippen LogP contribution in [0.1, 0.15) is 40.3 Å². The number of rotatable bonds is 6. The standard InChI is InChI=1S/C23H26N2O4S/c1-15-14-22(17(3)25(15)19-8-10-20(29-4)11-9-19)23(26)24-16(2)18-6-12-21(13-7-18)30(5,27)28/h6-14,16H,1-5H3,(H,24,26). The Morgan fingerprint density at radius 2 is 1.63 bits per heavy atom. The summed E-state index contributed by atoms with van der Waals surface area (Å²) in [6.45, 7) is 5.75. The molecule has 0 saturated heterocycles. The lowest BCUT2D eigenvalue weighted by Crippen LogP contribution is -2.27. The fraction of sp³-hybridized carbons (Fsp3) is 0.261. The van der Waals surface area contributed by atoms with Crippen LogP contribution in [0.5, 0.6) is 5.75 Å². The van der Waals surface area contributed by atoms with Gasteiger partial charge in [-0.1, -0.05) is 12.1 Å². The second-order valence-corrected chi connectivity index (χ2v) is 9.37. The largest absolute Gasteiger partial charge is 0.497 e. The van der Waals surface area contributed by atoms with Crippen molar-refractivity contribution in [3.8, 4) is 11.4 Å². The van der Waals surface area contributed by atoms with E-state index >= 15 is 0 Å². The number of nitrogens with one attached hydrogen (secondary N) is 1. The third kappa shape index (κ3) is 4.41. The van der Waals surface area contributed by atoms with Gasteiger partial charge in [0, 0.05) is 23.3 Å². The van der Waals surface area contributed by atoms with Crippen LogP contribution in [0.4, 0.5) is 0 Å². The summed E-state index contributed by atoms with van der Waals surface area (Å²) in [6.07, 6.45) is 1.17. The number of ether oxygens (including phenoxy) is 1. The summed E-state index contributed by atoms with van der Waals surface area (Å²) in [5.74, 6) is 0.595. The fourth-order valence-electron chi connectivity index (χ4n) is 3.48. The lowest BCUT2D eigenvalue weighted by atomic mass is 10.1. The average molecular weight is 427 g/mol. The van der Waals surface area contributed by atoms with Crippen molar-refractivity contribution in [3.05, 3.63) is 77.1 Å². The van der Waals surface area contributed by atoms with Crippen LogP contribution in [0, 0.1) is 13.8 Å². The first-order valence-electron chi connectivity index (χ1n) is 9.56. The molecule has 7 heteroatoms. The number of methoxy groups -OCH3 is 1. The van der Waals surface area contributed by atoms with Gasteiger partial charge in [0.25, 0.3) is 5.91 Å². The van der Waals surface area contributed by atoms with Crippen molar-refractivity contribution in [1.29, 1.82) is 0 Å². The van der Waals surface area contributed by atoms with Gasteiger partial charge in [0.15, 0.2) is 9.84 Å². The smallest absolute Gasteiger partial charge is 0.253 e. The van der Waals surface area contributed by atoms with E-state index in [0.29, 0.717) is 5.56 Å². The molecule has 1 N–H and O–H groups in total. The maximum atomic E-state index is 12.9. The molecule has 1 heterocycles. The zero-order chi connectivity index (χ0) is 22.1. The predicted molar refractivity (Wildman–Crippen MR) is 117 cm³/mol. The molecule has 0 radical (unpaired) electrons. The summed E-state index contributed by atoms with van der Waals surface area (Å²) in [4.78, 5) is 13.2. The summed E-state index contributed by atoms with van der Waals surface area (Å²) >= 11 is 0. The average Bonchev–Trinajstić information content (AvgIpc) is 3.01. The minimum absolute atomic E-state index is 0.178. The Bertz CT molecular complexity index is 1160. The Kier molecular flexibility index (Phi) is 6.03. The highest BCUT2D eigenvalue weighted by atomic mass is 32.2.